The molecule has 0 aliphatic heterocycles. The van der Waals surface area contributed by atoms with Gasteiger partial charge in [0.25, 0.3) is 0 Å². The van der Waals surface area contributed by atoms with E-state index < -0.39 is 5.97 Å². The normalized spacial score (nSPS) is 19.0. The first-order valence-electron chi connectivity index (χ1n) is 10.2. The van der Waals surface area contributed by atoms with E-state index in [4.69, 9.17) is 4.74 Å². The molecule has 0 bridgehead atoms. The Labute approximate surface area is 173 Å². The maximum atomic E-state index is 12.6. The Morgan fingerprint density at radius 3 is 2.41 bits per heavy atom. The third kappa shape index (κ3) is 5.45. The summed E-state index contributed by atoms with van der Waals surface area (Å²) in [6, 6.07) is 16.3. The van der Waals surface area contributed by atoms with Crippen LogP contribution in [-0.2, 0) is 9.53 Å². The number of anilines is 1. The van der Waals surface area contributed by atoms with Crippen molar-refractivity contribution in [3.8, 4) is 0 Å². The van der Waals surface area contributed by atoms with Gasteiger partial charge in [0.2, 0.25) is 5.91 Å². The van der Waals surface area contributed by atoms with Crippen LogP contribution in [0, 0.1) is 6.92 Å². The first-order chi connectivity index (χ1) is 14.0. The number of esters is 1. The highest BCUT2D eigenvalue weighted by Crippen LogP contribution is 2.34. The summed E-state index contributed by atoms with van der Waals surface area (Å²) in [6.07, 6.45) is 4.50. The molecule has 1 saturated carbocycles. The van der Waals surface area contributed by atoms with Crippen LogP contribution in [0.4, 0.5) is 5.69 Å². The zero-order valence-corrected chi connectivity index (χ0v) is 17.5. The summed E-state index contributed by atoms with van der Waals surface area (Å²) in [5.41, 5.74) is 3.42. The van der Waals surface area contributed by atoms with Crippen molar-refractivity contribution in [2.75, 3.05) is 26.0 Å². The minimum atomic E-state index is -0.409. The van der Waals surface area contributed by atoms with Crippen molar-refractivity contribution in [2.24, 2.45) is 0 Å². The average molecular weight is 395 g/mol. The topological polar surface area (TPSA) is 58.6 Å². The number of ether oxygens (including phenoxy) is 1. The van der Waals surface area contributed by atoms with E-state index in [2.05, 4.69) is 40.5 Å². The summed E-state index contributed by atoms with van der Waals surface area (Å²) in [4.78, 5) is 26.5. The molecule has 0 unspecified atom stereocenters. The van der Waals surface area contributed by atoms with E-state index in [9.17, 15) is 9.59 Å². The van der Waals surface area contributed by atoms with Gasteiger partial charge < -0.3 is 10.1 Å². The minimum Gasteiger partial charge on any atom is -0.465 e. The Kier molecular flexibility index (Phi) is 7.04. The number of carbonyl (C=O) groups excluding carboxylic acids is 2. The molecule has 1 amide bonds. The van der Waals surface area contributed by atoms with Crippen LogP contribution in [0.25, 0.3) is 0 Å². The summed E-state index contributed by atoms with van der Waals surface area (Å²) >= 11 is 0. The first kappa shape index (κ1) is 21.1. The number of nitrogens with one attached hydrogen (secondary N) is 1. The molecule has 0 radical (unpaired) electrons. The fourth-order valence-corrected chi connectivity index (χ4v) is 4.12. The van der Waals surface area contributed by atoms with Gasteiger partial charge in [-0.25, -0.2) is 4.79 Å². The molecule has 5 nitrogen and oxygen atoms in total. The highest BCUT2D eigenvalue weighted by molar-refractivity contribution is 5.96. The molecule has 1 aliphatic rings. The van der Waals surface area contributed by atoms with Crippen LogP contribution in [-0.4, -0.2) is 43.5 Å². The standard InChI is InChI=1S/C24H30N2O3/c1-17-9-10-20(24(28)29-3)15-22(17)25-23(27)16-26(2)21-13-11-19(12-14-21)18-7-5-4-6-8-18/h4-10,15,19,21H,11-14,16H2,1-3H3,(H,25,27). The van der Waals surface area contributed by atoms with Crippen LogP contribution in [0.1, 0.15) is 53.1 Å². The average Bonchev–Trinajstić information content (AvgIpc) is 2.75. The van der Waals surface area contributed by atoms with E-state index in [-0.39, 0.29) is 5.91 Å². The Morgan fingerprint density at radius 1 is 1.07 bits per heavy atom. The fourth-order valence-electron chi connectivity index (χ4n) is 4.12. The van der Waals surface area contributed by atoms with Crippen LogP contribution in [0.15, 0.2) is 48.5 Å². The van der Waals surface area contributed by atoms with Crippen LogP contribution < -0.4 is 5.32 Å². The summed E-state index contributed by atoms with van der Waals surface area (Å²) in [5, 5.41) is 2.95. The van der Waals surface area contributed by atoms with Crippen molar-refractivity contribution in [3.63, 3.8) is 0 Å². The van der Waals surface area contributed by atoms with Crippen molar-refractivity contribution in [1.82, 2.24) is 4.90 Å². The van der Waals surface area contributed by atoms with Gasteiger partial charge in [-0.05, 0) is 68.8 Å². The number of amides is 1. The molecule has 0 heterocycles. The second kappa shape index (κ2) is 9.70. The maximum absolute atomic E-state index is 12.6. The predicted molar refractivity (Wildman–Crippen MR) is 115 cm³/mol. The fraction of sp³-hybridized carbons (Fsp3) is 0.417. The van der Waals surface area contributed by atoms with Gasteiger partial charge in [0, 0.05) is 11.7 Å². The highest BCUT2D eigenvalue weighted by Gasteiger charge is 2.26. The number of benzene rings is 2. The summed E-state index contributed by atoms with van der Waals surface area (Å²) < 4.78 is 4.76. The van der Waals surface area contributed by atoms with E-state index >= 15 is 0 Å². The van der Waals surface area contributed by atoms with E-state index in [0.29, 0.717) is 29.8 Å². The molecule has 0 spiro atoms. The molecule has 2 aromatic carbocycles. The van der Waals surface area contributed by atoms with Gasteiger partial charge in [-0.3, -0.25) is 9.69 Å². The molecule has 3 rings (SSSR count). The molecule has 0 aromatic heterocycles. The van der Waals surface area contributed by atoms with Gasteiger partial charge in [0.05, 0.1) is 19.2 Å². The number of carbonyl (C=O) groups is 2. The molecule has 0 saturated heterocycles. The van der Waals surface area contributed by atoms with Crippen LogP contribution >= 0.6 is 0 Å². The third-order valence-corrected chi connectivity index (χ3v) is 5.92. The second-order valence-corrected chi connectivity index (χ2v) is 7.90. The van der Waals surface area contributed by atoms with Crippen molar-refractivity contribution in [2.45, 2.75) is 44.6 Å². The lowest BCUT2D eigenvalue weighted by atomic mass is 9.81. The van der Waals surface area contributed by atoms with Gasteiger partial charge in [-0.2, -0.15) is 0 Å². The van der Waals surface area contributed by atoms with Crippen LogP contribution in [0.3, 0.4) is 0 Å². The van der Waals surface area contributed by atoms with E-state index in [1.54, 1.807) is 12.1 Å². The summed E-state index contributed by atoms with van der Waals surface area (Å²) in [5.74, 6) is 0.147. The molecular weight excluding hydrogens is 364 g/mol. The lowest BCUT2D eigenvalue weighted by Gasteiger charge is -2.34. The lowest BCUT2D eigenvalue weighted by molar-refractivity contribution is -0.117. The van der Waals surface area contributed by atoms with E-state index in [1.165, 1.54) is 12.7 Å². The van der Waals surface area contributed by atoms with Crippen LogP contribution in [0.2, 0.25) is 0 Å². The largest absolute Gasteiger partial charge is 0.465 e. The molecule has 154 valence electrons. The number of rotatable bonds is 6. The van der Waals surface area contributed by atoms with Gasteiger partial charge in [-0.15, -0.1) is 0 Å². The lowest BCUT2D eigenvalue weighted by Crippen LogP contribution is -2.40. The monoisotopic (exact) mass is 394 g/mol. The zero-order chi connectivity index (χ0) is 20.8. The molecular formula is C24H30N2O3. The van der Waals surface area contributed by atoms with Crippen molar-refractivity contribution < 1.29 is 14.3 Å². The number of nitrogens with zero attached hydrogens (tertiary/aromatic N) is 1. The quantitative estimate of drug-likeness (QED) is 0.739. The van der Waals surface area contributed by atoms with Crippen molar-refractivity contribution in [3.05, 3.63) is 65.2 Å². The molecule has 1 N–H and O–H groups in total. The molecule has 0 atom stereocenters. The van der Waals surface area contributed by atoms with E-state index in [0.717, 1.165) is 31.2 Å². The Morgan fingerprint density at radius 2 is 1.76 bits per heavy atom. The first-order valence-corrected chi connectivity index (χ1v) is 10.2. The number of methoxy groups -OCH3 is 1. The Hall–Kier alpha value is -2.66. The van der Waals surface area contributed by atoms with Gasteiger partial charge in [-0.1, -0.05) is 36.4 Å². The number of hydrogen-bond donors (Lipinski definition) is 1. The number of hydrogen-bond acceptors (Lipinski definition) is 4. The molecule has 29 heavy (non-hydrogen) atoms. The predicted octanol–water partition coefficient (Wildman–Crippen LogP) is 4.38. The second-order valence-electron chi connectivity index (χ2n) is 7.90. The van der Waals surface area contributed by atoms with Crippen LogP contribution in [0.5, 0.6) is 0 Å². The highest BCUT2D eigenvalue weighted by atomic mass is 16.5. The van der Waals surface area contributed by atoms with E-state index in [1.807, 2.05) is 20.0 Å². The van der Waals surface area contributed by atoms with Gasteiger partial charge in [0.15, 0.2) is 0 Å². The Balaban J connectivity index is 1.53. The van der Waals surface area contributed by atoms with Crippen molar-refractivity contribution in [1.29, 1.82) is 0 Å². The number of aryl methyl sites for hydroxylation is 1. The van der Waals surface area contributed by atoms with Gasteiger partial charge in [0.1, 0.15) is 0 Å². The third-order valence-electron chi connectivity index (χ3n) is 5.92. The summed E-state index contributed by atoms with van der Waals surface area (Å²) in [6.45, 7) is 2.24. The maximum Gasteiger partial charge on any atom is 0.337 e. The Bertz CT molecular complexity index is 842. The summed E-state index contributed by atoms with van der Waals surface area (Å²) in [7, 11) is 3.37. The zero-order valence-electron chi connectivity index (χ0n) is 17.5. The minimum absolute atomic E-state index is 0.0669. The molecule has 2 aromatic rings. The molecule has 1 fully saturated rings. The molecule has 5 heteroatoms. The smallest absolute Gasteiger partial charge is 0.337 e. The molecule has 1 aliphatic carbocycles. The number of likely N-dealkylation sites (N-methyl/N-ethyl adjacent to an activating group) is 1. The van der Waals surface area contributed by atoms with Gasteiger partial charge >= 0.3 is 5.97 Å². The van der Waals surface area contributed by atoms with Crippen molar-refractivity contribution >= 4 is 17.6 Å². The SMILES string of the molecule is COC(=O)c1ccc(C)c(NC(=O)CN(C)C2CCC(c3ccccc3)CC2)c1.